The highest BCUT2D eigenvalue weighted by molar-refractivity contribution is 5.81. The Bertz CT molecular complexity index is 550. The zero-order valence-corrected chi connectivity index (χ0v) is 13.4. The first-order valence-corrected chi connectivity index (χ1v) is 7.90. The van der Waals surface area contributed by atoms with Crippen molar-refractivity contribution in [3.63, 3.8) is 0 Å². The van der Waals surface area contributed by atoms with E-state index in [0.717, 1.165) is 39.1 Å². The van der Waals surface area contributed by atoms with Gasteiger partial charge in [-0.25, -0.2) is 0 Å². The molecular formula is C17H27N3O. The lowest BCUT2D eigenvalue weighted by molar-refractivity contribution is 0.198. The molecular weight excluding hydrogens is 262 g/mol. The summed E-state index contributed by atoms with van der Waals surface area (Å²) < 4.78 is 7.14. The van der Waals surface area contributed by atoms with Crippen molar-refractivity contribution >= 4 is 10.9 Å². The zero-order chi connectivity index (χ0) is 15.1. The fraction of sp³-hybridized carbons (Fsp3) is 0.588. The number of hydrogen-bond donors (Lipinski definition) is 1. The highest BCUT2D eigenvalue weighted by Gasteiger charge is 2.10. The topological polar surface area (TPSA) is 39.1 Å². The maximum absolute atomic E-state index is 5.04. The van der Waals surface area contributed by atoms with Crippen LogP contribution in [0.2, 0.25) is 0 Å². The molecule has 1 N–H and O–H groups in total. The Labute approximate surface area is 127 Å². The second kappa shape index (κ2) is 8.15. The van der Waals surface area contributed by atoms with E-state index in [-0.39, 0.29) is 0 Å². The molecule has 0 saturated heterocycles. The van der Waals surface area contributed by atoms with E-state index < -0.39 is 0 Å². The molecule has 1 heterocycles. The van der Waals surface area contributed by atoms with Crippen LogP contribution in [-0.2, 0) is 17.7 Å². The van der Waals surface area contributed by atoms with Crippen LogP contribution in [0.3, 0.4) is 0 Å². The van der Waals surface area contributed by atoms with Crippen LogP contribution in [0.15, 0.2) is 24.3 Å². The van der Waals surface area contributed by atoms with Crippen LogP contribution < -0.4 is 5.32 Å². The van der Waals surface area contributed by atoms with Gasteiger partial charge in [-0.15, -0.1) is 0 Å². The Balaban J connectivity index is 1.91. The number of benzene rings is 1. The molecule has 0 bridgehead atoms. The Hall–Kier alpha value is -1.39. The van der Waals surface area contributed by atoms with E-state index in [1.54, 1.807) is 7.11 Å². The number of para-hydroxylation sites is 1. The SMILES string of the molecule is CCn1nc(CCC(C)CNCCOC)c2ccccc21. The van der Waals surface area contributed by atoms with Gasteiger partial charge in [0.05, 0.1) is 17.8 Å². The van der Waals surface area contributed by atoms with Gasteiger partial charge in [0.1, 0.15) is 0 Å². The summed E-state index contributed by atoms with van der Waals surface area (Å²) in [6.45, 7) is 8.10. The van der Waals surface area contributed by atoms with Crippen molar-refractivity contribution in [2.75, 3.05) is 26.8 Å². The van der Waals surface area contributed by atoms with Gasteiger partial charge in [0.2, 0.25) is 0 Å². The number of ether oxygens (including phenoxy) is 1. The van der Waals surface area contributed by atoms with Crippen LogP contribution in [-0.4, -0.2) is 36.6 Å². The summed E-state index contributed by atoms with van der Waals surface area (Å²) >= 11 is 0. The fourth-order valence-corrected chi connectivity index (χ4v) is 2.63. The minimum absolute atomic E-state index is 0.646. The molecule has 116 valence electrons. The molecule has 4 heteroatoms. The minimum atomic E-state index is 0.646. The smallest absolute Gasteiger partial charge is 0.0703 e. The average molecular weight is 289 g/mol. The number of aromatic nitrogens is 2. The van der Waals surface area contributed by atoms with E-state index in [9.17, 15) is 0 Å². The van der Waals surface area contributed by atoms with E-state index >= 15 is 0 Å². The van der Waals surface area contributed by atoms with Gasteiger partial charge in [0.25, 0.3) is 0 Å². The van der Waals surface area contributed by atoms with Crippen LogP contribution in [0.5, 0.6) is 0 Å². The summed E-state index contributed by atoms with van der Waals surface area (Å²) in [7, 11) is 1.74. The molecule has 1 unspecified atom stereocenters. The zero-order valence-electron chi connectivity index (χ0n) is 13.4. The minimum Gasteiger partial charge on any atom is -0.383 e. The molecule has 0 aliphatic heterocycles. The lowest BCUT2D eigenvalue weighted by atomic mass is 10.0. The summed E-state index contributed by atoms with van der Waals surface area (Å²) in [6.07, 6.45) is 2.20. The molecule has 1 atom stereocenters. The van der Waals surface area contributed by atoms with Crippen molar-refractivity contribution in [2.24, 2.45) is 5.92 Å². The van der Waals surface area contributed by atoms with Crippen LogP contribution in [0.4, 0.5) is 0 Å². The number of fused-ring (bicyclic) bond motifs is 1. The molecule has 21 heavy (non-hydrogen) atoms. The molecule has 0 saturated carbocycles. The third-order valence-corrected chi connectivity index (χ3v) is 3.88. The van der Waals surface area contributed by atoms with Crippen molar-refractivity contribution in [1.82, 2.24) is 15.1 Å². The van der Waals surface area contributed by atoms with Crippen molar-refractivity contribution in [2.45, 2.75) is 33.2 Å². The predicted molar refractivity (Wildman–Crippen MR) is 87.6 cm³/mol. The second-order valence-electron chi connectivity index (χ2n) is 5.62. The molecule has 0 fully saturated rings. The van der Waals surface area contributed by atoms with E-state index in [1.807, 2.05) is 0 Å². The first kappa shape index (κ1) is 16.0. The monoisotopic (exact) mass is 289 g/mol. The molecule has 0 aliphatic carbocycles. The fourth-order valence-electron chi connectivity index (χ4n) is 2.63. The summed E-state index contributed by atoms with van der Waals surface area (Å²) in [6, 6.07) is 8.53. The highest BCUT2D eigenvalue weighted by Crippen LogP contribution is 2.20. The molecule has 1 aromatic heterocycles. The first-order valence-electron chi connectivity index (χ1n) is 7.90. The lowest BCUT2D eigenvalue weighted by Crippen LogP contribution is -2.25. The van der Waals surface area contributed by atoms with Crippen molar-refractivity contribution in [1.29, 1.82) is 0 Å². The standard InChI is InChI=1S/C17H27N3O/c1-4-20-17-8-6-5-7-15(17)16(19-20)10-9-14(2)13-18-11-12-21-3/h5-8,14,18H,4,9-13H2,1-3H3. The highest BCUT2D eigenvalue weighted by atomic mass is 16.5. The Morgan fingerprint density at radius 2 is 2.14 bits per heavy atom. The molecule has 2 aromatic rings. The van der Waals surface area contributed by atoms with Gasteiger partial charge in [-0.3, -0.25) is 4.68 Å². The van der Waals surface area contributed by atoms with Gasteiger partial charge in [0, 0.05) is 25.6 Å². The second-order valence-corrected chi connectivity index (χ2v) is 5.62. The summed E-state index contributed by atoms with van der Waals surface area (Å²) in [5.41, 5.74) is 2.48. The van der Waals surface area contributed by atoms with Gasteiger partial charge >= 0.3 is 0 Å². The van der Waals surface area contributed by atoms with E-state index in [4.69, 9.17) is 9.84 Å². The number of hydrogen-bond acceptors (Lipinski definition) is 3. The maximum atomic E-state index is 5.04. The average Bonchev–Trinajstić information content (AvgIpc) is 2.88. The van der Waals surface area contributed by atoms with Crippen LogP contribution >= 0.6 is 0 Å². The van der Waals surface area contributed by atoms with Crippen molar-refractivity contribution in [3.05, 3.63) is 30.0 Å². The van der Waals surface area contributed by atoms with Crippen molar-refractivity contribution < 1.29 is 4.74 Å². The third kappa shape index (κ3) is 4.29. The summed E-state index contributed by atoms with van der Waals surface area (Å²) in [5, 5.41) is 9.50. The Morgan fingerprint density at radius 3 is 2.90 bits per heavy atom. The number of nitrogens with zero attached hydrogens (tertiary/aromatic N) is 2. The molecule has 1 aromatic carbocycles. The molecule has 0 amide bonds. The number of aryl methyl sites for hydroxylation is 2. The van der Waals surface area contributed by atoms with Crippen LogP contribution in [0, 0.1) is 5.92 Å². The number of rotatable bonds is 9. The van der Waals surface area contributed by atoms with Gasteiger partial charge in [-0.05, 0) is 38.3 Å². The first-order chi connectivity index (χ1) is 10.3. The molecule has 2 rings (SSSR count). The number of methoxy groups -OCH3 is 1. The number of nitrogens with one attached hydrogen (secondary N) is 1. The summed E-state index contributed by atoms with van der Waals surface area (Å²) in [5.74, 6) is 0.646. The quantitative estimate of drug-likeness (QED) is 0.722. The van der Waals surface area contributed by atoms with E-state index in [1.165, 1.54) is 16.6 Å². The van der Waals surface area contributed by atoms with Gasteiger partial charge in [0.15, 0.2) is 0 Å². The van der Waals surface area contributed by atoms with Gasteiger partial charge < -0.3 is 10.1 Å². The Kier molecular flexibility index (Phi) is 6.21. The van der Waals surface area contributed by atoms with Crippen LogP contribution in [0.1, 0.15) is 26.0 Å². The van der Waals surface area contributed by atoms with E-state index in [2.05, 4.69) is 48.1 Å². The predicted octanol–water partition coefficient (Wildman–Crippen LogP) is 2.86. The Morgan fingerprint density at radius 1 is 1.33 bits per heavy atom. The third-order valence-electron chi connectivity index (χ3n) is 3.88. The van der Waals surface area contributed by atoms with Crippen LogP contribution in [0.25, 0.3) is 10.9 Å². The molecule has 4 nitrogen and oxygen atoms in total. The van der Waals surface area contributed by atoms with Crippen molar-refractivity contribution in [3.8, 4) is 0 Å². The molecule has 0 radical (unpaired) electrons. The molecule has 0 spiro atoms. The summed E-state index contributed by atoms with van der Waals surface area (Å²) in [4.78, 5) is 0. The largest absolute Gasteiger partial charge is 0.383 e. The van der Waals surface area contributed by atoms with Gasteiger partial charge in [-0.1, -0.05) is 25.1 Å². The van der Waals surface area contributed by atoms with Gasteiger partial charge in [-0.2, -0.15) is 5.10 Å². The van der Waals surface area contributed by atoms with E-state index in [0.29, 0.717) is 5.92 Å². The lowest BCUT2D eigenvalue weighted by Gasteiger charge is -2.11. The maximum Gasteiger partial charge on any atom is 0.0703 e. The normalized spacial score (nSPS) is 12.9. The molecule has 0 aliphatic rings.